The van der Waals surface area contributed by atoms with Gasteiger partial charge in [0.05, 0.1) is 33.0 Å². The fourth-order valence-electron chi connectivity index (χ4n) is 3.41. The molecule has 2 heterocycles. The van der Waals surface area contributed by atoms with Gasteiger partial charge in [-0.1, -0.05) is 40.6 Å². The van der Waals surface area contributed by atoms with Gasteiger partial charge in [0.15, 0.2) is 15.0 Å². The van der Waals surface area contributed by atoms with Gasteiger partial charge in [0, 0.05) is 18.1 Å². The van der Waals surface area contributed by atoms with Crippen molar-refractivity contribution in [2.75, 3.05) is 23.8 Å². The third-order valence-corrected chi connectivity index (χ3v) is 8.39. The fraction of sp³-hybridized carbons (Fsp3) is 0.333. The first-order chi connectivity index (χ1) is 14.8. The number of thiazole rings is 1. The second-order valence-corrected chi connectivity index (χ2v) is 11.2. The van der Waals surface area contributed by atoms with Crippen LogP contribution in [0.4, 0.5) is 5.13 Å². The van der Waals surface area contributed by atoms with E-state index in [1.807, 2.05) is 12.1 Å². The molecule has 1 aliphatic heterocycles. The number of para-hydroxylation sites is 1. The minimum atomic E-state index is -3.62. The number of halogens is 2. The lowest BCUT2D eigenvalue weighted by Gasteiger charge is -2.23. The number of carbonyl (C=O) groups excluding carboxylic acids is 1. The van der Waals surface area contributed by atoms with Gasteiger partial charge in [-0.25, -0.2) is 13.4 Å². The van der Waals surface area contributed by atoms with Gasteiger partial charge in [0.2, 0.25) is 5.91 Å². The summed E-state index contributed by atoms with van der Waals surface area (Å²) in [4.78, 5) is 19.4. The number of anilines is 1. The van der Waals surface area contributed by atoms with Crippen molar-refractivity contribution in [1.29, 1.82) is 0 Å². The Morgan fingerprint density at radius 1 is 1.19 bits per heavy atom. The number of sulfone groups is 1. The van der Waals surface area contributed by atoms with E-state index in [1.165, 1.54) is 40.5 Å². The van der Waals surface area contributed by atoms with Gasteiger partial charge in [-0.3, -0.25) is 9.69 Å². The Morgan fingerprint density at radius 3 is 2.65 bits per heavy atom. The Hall–Kier alpha value is -1.71. The van der Waals surface area contributed by atoms with Gasteiger partial charge in [-0.2, -0.15) is 0 Å². The molecule has 3 aromatic rings. The first-order valence-corrected chi connectivity index (χ1v) is 13.0. The molecule has 2 aromatic carbocycles. The van der Waals surface area contributed by atoms with Crippen LogP contribution in [0.15, 0.2) is 47.4 Å². The van der Waals surface area contributed by atoms with Crippen molar-refractivity contribution in [2.24, 2.45) is 0 Å². The fourth-order valence-corrected chi connectivity index (χ4v) is 6.06. The molecule has 0 spiro atoms. The summed E-state index contributed by atoms with van der Waals surface area (Å²) in [6, 6.07) is 11.4. The molecule has 1 saturated heterocycles. The Balaban J connectivity index is 1.56. The summed E-state index contributed by atoms with van der Waals surface area (Å²) in [7, 11) is -3.62. The van der Waals surface area contributed by atoms with Crippen LogP contribution >= 0.6 is 34.5 Å². The third-order valence-electron chi connectivity index (χ3n) is 5.06. The summed E-state index contributed by atoms with van der Waals surface area (Å²) in [5.74, 6) is -0.621. The molecule has 10 heteroatoms. The van der Waals surface area contributed by atoms with Gasteiger partial charge >= 0.3 is 0 Å². The molecule has 1 amide bonds. The van der Waals surface area contributed by atoms with Crippen LogP contribution in [0.25, 0.3) is 10.2 Å². The molecular weight excluding hydrogens is 479 g/mol. The largest absolute Gasteiger partial charge is 0.376 e. The predicted molar refractivity (Wildman–Crippen MR) is 124 cm³/mol. The van der Waals surface area contributed by atoms with Crippen molar-refractivity contribution in [3.63, 3.8) is 0 Å². The maximum Gasteiger partial charge on any atom is 0.229 e. The Kier molecular flexibility index (Phi) is 6.83. The number of carbonyl (C=O) groups is 1. The minimum Gasteiger partial charge on any atom is -0.376 e. The number of fused-ring (bicyclic) bond motifs is 1. The monoisotopic (exact) mass is 498 g/mol. The topological polar surface area (TPSA) is 76.6 Å². The van der Waals surface area contributed by atoms with Crippen LogP contribution in [0.1, 0.15) is 19.3 Å². The number of rotatable bonds is 7. The highest BCUT2D eigenvalue weighted by molar-refractivity contribution is 7.91. The zero-order valence-electron chi connectivity index (χ0n) is 16.5. The van der Waals surface area contributed by atoms with E-state index >= 15 is 0 Å². The second kappa shape index (κ2) is 9.42. The normalized spacial score (nSPS) is 16.6. The van der Waals surface area contributed by atoms with Crippen LogP contribution in [0.3, 0.4) is 0 Å². The maximum atomic E-state index is 13.1. The van der Waals surface area contributed by atoms with E-state index in [-0.39, 0.29) is 29.1 Å². The number of ether oxygens (including phenoxy) is 1. The standard InChI is InChI=1S/C21H20Cl2N2O4S2/c22-14-6-8-16(9-7-14)31(27,28)12-10-19(26)25(13-15-3-2-11-29-15)21-24-20-17(23)4-1-5-18(20)30-21/h1,4-9,15H,2-3,10-13H2. The summed E-state index contributed by atoms with van der Waals surface area (Å²) in [6.45, 7) is 0.987. The molecule has 1 aliphatic rings. The SMILES string of the molecule is O=C(CCS(=O)(=O)c1ccc(Cl)cc1)N(CC1CCCO1)c1nc2c(Cl)cccc2s1. The average Bonchev–Trinajstić information content (AvgIpc) is 3.41. The highest BCUT2D eigenvalue weighted by atomic mass is 35.5. The van der Waals surface area contributed by atoms with E-state index in [1.54, 1.807) is 6.07 Å². The lowest BCUT2D eigenvalue weighted by Crippen LogP contribution is -2.38. The van der Waals surface area contributed by atoms with E-state index in [4.69, 9.17) is 27.9 Å². The van der Waals surface area contributed by atoms with Crippen LogP contribution in [0.5, 0.6) is 0 Å². The highest BCUT2D eigenvalue weighted by Crippen LogP contribution is 2.34. The van der Waals surface area contributed by atoms with E-state index in [0.717, 1.165) is 17.5 Å². The number of amides is 1. The molecule has 0 radical (unpaired) electrons. The number of aromatic nitrogens is 1. The molecule has 1 atom stereocenters. The van der Waals surface area contributed by atoms with Crippen molar-refractivity contribution in [1.82, 2.24) is 4.98 Å². The van der Waals surface area contributed by atoms with E-state index in [2.05, 4.69) is 4.98 Å². The third kappa shape index (κ3) is 5.21. The van der Waals surface area contributed by atoms with Gasteiger partial charge in [0.25, 0.3) is 0 Å². The Bertz CT molecular complexity index is 1190. The van der Waals surface area contributed by atoms with Gasteiger partial charge in [-0.05, 0) is 49.2 Å². The van der Waals surface area contributed by atoms with Crippen LogP contribution in [0.2, 0.25) is 10.0 Å². The van der Waals surface area contributed by atoms with Gasteiger partial charge in [-0.15, -0.1) is 0 Å². The van der Waals surface area contributed by atoms with Gasteiger partial charge < -0.3 is 4.74 Å². The molecule has 6 nitrogen and oxygen atoms in total. The lowest BCUT2D eigenvalue weighted by atomic mass is 10.2. The maximum absolute atomic E-state index is 13.1. The second-order valence-electron chi connectivity index (χ2n) is 7.25. The zero-order valence-corrected chi connectivity index (χ0v) is 19.6. The summed E-state index contributed by atoms with van der Waals surface area (Å²) in [5.41, 5.74) is 0.628. The molecule has 1 unspecified atom stereocenters. The quantitative estimate of drug-likeness (QED) is 0.459. The molecule has 0 saturated carbocycles. The molecule has 1 aromatic heterocycles. The van der Waals surface area contributed by atoms with Crippen LogP contribution in [-0.4, -0.2) is 44.3 Å². The molecule has 0 aliphatic carbocycles. The lowest BCUT2D eigenvalue weighted by molar-refractivity contribution is -0.118. The number of nitrogens with zero attached hydrogens (tertiary/aromatic N) is 2. The molecule has 164 valence electrons. The molecule has 31 heavy (non-hydrogen) atoms. The minimum absolute atomic E-state index is 0.0979. The van der Waals surface area contributed by atoms with Crippen molar-refractivity contribution in [3.8, 4) is 0 Å². The summed E-state index contributed by atoms with van der Waals surface area (Å²) in [6.07, 6.45) is 1.52. The highest BCUT2D eigenvalue weighted by Gasteiger charge is 2.28. The van der Waals surface area contributed by atoms with E-state index in [9.17, 15) is 13.2 Å². The van der Waals surface area contributed by atoms with Crippen molar-refractivity contribution < 1.29 is 17.9 Å². The van der Waals surface area contributed by atoms with Crippen molar-refractivity contribution in [2.45, 2.75) is 30.3 Å². The number of hydrogen-bond acceptors (Lipinski definition) is 6. The first kappa shape index (κ1) is 22.5. The molecule has 4 rings (SSSR count). The smallest absolute Gasteiger partial charge is 0.229 e. The first-order valence-electron chi connectivity index (χ1n) is 9.79. The predicted octanol–water partition coefficient (Wildman–Crippen LogP) is 4.98. The Labute approximate surface area is 194 Å². The number of benzene rings is 2. The Morgan fingerprint density at radius 2 is 1.97 bits per heavy atom. The van der Waals surface area contributed by atoms with Crippen molar-refractivity contribution in [3.05, 3.63) is 52.5 Å². The summed E-state index contributed by atoms with van der Waals surface area (Å²) < 4.78 is 31.9. The van der Waals surface area contributed by atoms with Crippen LogP contribution in [-0.2, 0) is 19.4 Å². The molecular formula is C21H20Cl2N2O4S2. The summed E-state index contributed by atoms with van der Waals surface area (Å²) >= 11 is 13.4. The van der Waals surface area contributed by atoms with Crippen LogP contribution in [0, 0.1) is 0 Å². The molecule has 0 N–H and O–H groups in total. The molecule has 1 fully saturated rings. The van der Waals surface area contributed by atoms with Crippen LogP contribution < -0.4 is 4.90 Å². The van der Waals surface area contributed by atoms with Crippen molar-refractivity contribution >= 4 is 65.6 Å². The van der Waals surface area contributed by atoms with E-state index in [0.29, 0.717) is 33.8 Å². The number of hydrogen-bond donors (Lipinski definition) is 0. The average molecular weight is 499 g/mol. The summed E-state index contributed by atoms with van der Waals surface area (Å²) in [5, 5.41) is 1.45. The van der Waals surface area contributed by atoms with E-state index < -0.39 is 9.84 Å². The molecule has 0 bridgehead atoms. The zero-order chi connectivity index (χ0) is 22.0. The van der Waals surface area contributed by atoms with Gasteiger partial charge in [0.1, 0.15) is 5.52 Å².